The lowest BCUT2D eigenvalue weighted by molar-refractivity contribution is 0.460. The molecule has 0 bridgehead atoms. The maximum absolute atomic E-state index is 7.77. The summed E-state index contributed by atoms with van der Waals surface area (Å²) < 4.78 is 5.57. The summed E-state index contributed by atoms with van der Waals surface area (Å²) in [5.41, 5.74) is 2.53. The number of allylic oxidation sites excluding steroid dienone is 3. The van der Waals surface area contributed by atoms with E-state index < -0.39 is 0 Å². The molecular formula is C21H26N4OS. The van der Waals surface area contributed by atoms with Gasteiger partial charge < -0.3 is 10.1 Å². The highest BCUT2D eigenvalue weighted by Crippen LogP contribution is 2.23. The Bertz CT molecular complexity index is 806. The third-order valence-electron chi connectivity index (χ3n) is 2.91. The number of aliphatic imine (C=N–C) groups is 2. The number of ether oxygens (including phenoxy) is 1. The summed E-state index contributed by atoms with van der Waals surface area (Å²) in [4.78, 5) is 8.65. The number of benzene rings is 1. The predicted molar refractivity (Wildman–Crippen MR) is 119 cm³/mol. The minimum absolute atomic E-state index is 0.0935. The van der Waals surface area contributed by atoms with Crippen LogP contribution in [0.15, 0.2) is 83.7 Å². The van der Waals surface area contributed by atoms with Crippen LogP contribution in [0, 0.1) is 5.41 Å². The van der Waals surface area contributed by atoms with Crippen LogP contribution in [0.4, 0.5) is 5.69 Å². The summed E-state index contributed by atoms with van der Waals surface area (Å²) in [5.74, 6) is 1.72. The number of hydrogen-bond donors (Lipinski definition) is 2. The summed E-state index contributed by atoms with van der Waals surface area (Å²) in [7, 11) is 0. The van der Waals surface area contributed by atoms with Gasteiger partial charge in [0.15, 0.2) is 16.8 Å². The molecular weight excluding hydrogens is 356 g/mol. The second kappa shape index (κ2) is 11.7. The lowest BCUT2D eigenvalue weighted by Crippen LogP contribution is -2.10. The molecule has 1 aromatic carbocycles. The van der Waals surface area contributed by atoms with Crippen LogP contribution in [0.1, 0.15) is 26.3 Å². The molecule has 2 N–H and O–H groups in total. The van der Waals surface area contributed by atoms with Crippen LogP contribution in [0.5, 0.6) is 0 Å². The molecule has 0 aliphatic carbocycles. The molecule has 0 aromatic heterocycles. The molecule has 0 saturated carbocycles. The van der Waals surface area contributed by atoms with Crippen LogP contribution in [0.2, 0.25) is 0 Å². The first-order valence-corrected chi connectivity index (χ1v) is 9.58. The molecule has 0 radical (unpaired) electrons. The average Bonchev–Trinajstić information content (AvgIpc) is 3.24. The number of rotatable bonds is 3. The van der Waals surface area contributed by atoms with Gasteiger partial charge >= 0.3 is 0 Å². The zero-order valence-electron chi connectivity index (χ0n) is 16.1. The lowest BCUT2D eigenvalue weighted by atomic mass is 10.2. The molecule has 5 nitrogen and oxygen atoms in total. The highest BCUT2D eigenvalue weighted by Gasteiger charge is 2.20. The van der Waals surface area contributed by atoms with Gasteiger partial charge in [-0.05, 0) is 31.2 Å². The number of thioether (sulfide) groups is 1. The molecule has 1 aromatic rings. The van der Waals surface area contributed by atoms with Crippen molar-refractivity contribution in [3.05, 3.63) is 79.2 Å². The third kappa shape index (κ3) is 6.75. The molecule has 142 valence electrons. The summed E-state index contributed by atoms with van der Waals surface area (Å²) in [6.07, 6.45) is 4.94. The zero-order chi connectivity index (χ0) is 20.2. The van der Waals surface area contributed by atoms with Gasteiger partial charge in [0.1, 0.15) is 0 Å². The van der Waals surface area contributed by atoms with Crippen molar-refractivity contribution in [1.82, 2.24) is 5.32 Å². The Labute approximate surface area is 165 Å². The summed E-state index contributed by atoms with van der Waals surface area (Å²) in [6, 6.07) is 7.54. The van der Waals surface area contributed by atoms with Gasteiger partial charge in [-0.3, -0.25) is 5.41 Å². The van der Waals surface area contributed by atoms with Gasteiger partial charge in [0.2, 0.25) is 5.90 Å². The van der Waals surface area contributed by atoms with Crippen molar-refractivity contribution in [2.45, 2.75) is 20.8 Å². The van der Waals surface area contributed by atoms with Crippen molar-refractivity contribution in [3.8, 4) is 0 Å². The fourth-order valence-corrected chi connectivity index (χ4v) is 2.71. The Morgan fingerprint density at radius 1 is 1.33 bits per heavy atom. The molecule has 2 heterocycles. The smallest absolute Gasteiger partial charge is 0.228 e. The van der Waals surface area contributed by atoms with E-state index in [2.05, 4.69) is 35.0 Å². The van der Waals surface area contributed by atoms with Gasteiger partial charge in [0, 0.05) is 17.0 Å². The number of hydrogen-bond acceptors (Lipinski definition) is 4. The molecule has 0 amide bonds. The van der Waals surface area contributed by atoms with Crippen molar-refractivity contribution in [1.29, 1.82) is 5.41 Å². The van der Waals surface area contributed by atoms with E-state index in [9.17, 15) is 0 Å². The van der Waals surface area contributed by atoms with Crippen LogP contribution in [0.3, 0.4) is 0 Å². The van der Waals surface area contributed by atoms with Crippen LogP contribution in [-0.2, 0) is 4.74 Å². The van der Waals surface area contributed by atoms with Gasteiger partial charge in [-0.2, -0.15) is 4.99 Å². The first-order chi connectivity index (χ1) is 13.1. The third-order valence-corrected chi connectivity index (χ3v) is 3.87. The molecule has 6 heteroatoms. The van der Waals surface area contributed by atoms with Crippen LogP contribution >= 0.6 is 11.8 Å². The summed E-state index contributed by atoms with van der Waals surface area (Å²) in [6.45, 7) is 16.7. The number of amidine groups is 2. The number of nitrogens with zero attached hydrogens (tertiary/aromatic N) is 2. The van der Waals surface area contributed by atoms with Gasteiger partial charge in [0.25, 0.3) is 0 Å². The second-order valence-electron chi connectivity index (χ2n) is 5.03. The van der Waals surface area contributed by atoms with E-state index in [1.807, 2.05) is 45.0 Å². The molecule has 2 aliphatic rings. The fraction of sp³-hybridized carbons (Fsp3) is 0.190. The molecule has 0 atom stereocenters. The molecule has 1 saturated heterocycles. The van der Waals surface area contributed by atoms with E-state index in [1.54, 1.807) is 30.0 Å². The second-order valence-corrected chi connectivity index (χ2v) is 5.99. The maximum Gasteiger partial charge on any atom is 0.228 e. The molecule has 1 fully saturated rings. The Morgan fingerprint density at radius 2 is 2.04 bits per heavy atom. The Hall–Kier alpha value is -2.86. The topological polar surface area (TPSA) is 69.8 Å². The van der Waals surface area contributed by atoms with Crippen molar-refractivity contribution in [2.24, 2.45) is 9.98 Å². The quantitative estimate of drug-likeness (QED) is 0.672. The zero-order valence-corrected chi connectivity index (χ0v) is 16.9. The van der Waals surface area contributed by atoms with E-state index in [-0.39, 0.29) is 5.84 Å². The fourth-order valence-electron chi connectivity index (χ4n) is 1.94. The standard InChI is InChI=1S/C16H14N4OS.C3H6.C2H6/c1-3-5-13-14(17)20-15(21-13)11-6-4-7-12(8-11)19-16-18-10(2)9-22-16;1-3-2;1-2/h3-8,17H,1-2,9H2,(H,18,19);3H,1H2,2H3;1-2H3/b13-5+,17-14?;;. The van der Waals surface area contributed by atoms with Gasteiger partial charge in [0.05, 0.1) is 5.69 Å². The van der Waals surface area contributed by atoms with Gasteiger partial charge in [-0.25, -0.2) is 4.99 Å². The van der Waals surface area contributed by atoms with Crippen molar-refractivity contribution in [3.63, 3.8) is 0 Å². The first kappa shape index (κ1) is 22.2. The first-order valence-electron chi connectivity index (χ1n) is 8.59. The highest BCUT2D eigenvalue weighted by atomic mass is 32.2. The minimum Gasteiger partial charge on any atom is -0.434 e. The molecule has 27 heavy (non-hydrogen) atoms. The van der Waals surface area contributed by atoms with Crippen molar-refractivity contribution < 1.29 is 4.74 Å². The Kier molecular flexibility index (Phi) is 9.61. The largest absolute Gasteiger partial charge is 0.434 e. The van der Waals surface area contributed by atoms with E-state index in [1.165, 1.54) is 0 Å². The molecule has 3 rings (SSSR count). The SMILES string of the molecule is C=C/C=C1/OC(c2cccc(N=C3NC(=C)CS3)c2)=NC1=N.C=CC.CC. The van der Waals surface area contributed by atoms with Gasteiger partial charge in [-0.15, -0.1) is 6.58 Å². The lowest BCUT2D eigenvalue weighted by Gasteiger charge is -2.03. The minimum atomic E-state index is 0.0935. The molecule has 2 aliphatic heterocycles. The van der Waals surface area contributed by atoms with Crippen LogP contribution < -0.4 is 5.32 Å². The Morgan fingerprint density at radius 3 is 2.63 bits per heavy atom. The highest BCUT2D eigenvalue weighted by molar-refractivity contribution is 8.14. The van der Waals surface area contributed by atoms with E-state index in [0.29, 0.717) is 11.7 Å². The van der Waals surface area contributed by atoms with Crippen LogP contribution in [0.25, 0.3) is 0 Å². The average molecular weight is 383 g/mol. The van der Waals surface area contributed by atoms with Crippen molar-refractivity contribution in [2.75, 3.05) is 5.75 Å². The monoisotopic (exact) mass is 382 g/mol. The summed E-state index contributed by atoms with van der Waals surface area (Å²) >= 11 is 1.61. The molecule has 0 spiro atoms. The van der Waals surface area contributed by atoms with Crippen LogP contribution in [-0.4, -0.2) is 22.7 Å². The van der Waals surface area contributed by atoms with E-state index >= 15 is 0 Å². The maximum atomic E-state index is 7.77. The van der Waals surface area contributed by atoms with E-state index in [0.717, 1.165) is 27.9 Å². The predicted octanol–water partition coefficient (Wildman–Crippen LogP) is 5.57. The van der Waals surface area contributed by atoms with Crippen molar-refractivity contribution >= 4 is 34.4 Å². The van der Waals surface area contributed by atoms with E-state index in [4.69, 9.17) is 10.1 Å². The normalized spacial score (nSPS) is 17.8. The number of nitrogens with one attached hydrogen (secondary N) is 2. The van der Waals surface area contributed by atoms with Gasteiger partial charge in [-0.1, -0.05) is 57.0 Å². The Balaban J connectivity index is 0.000000665. The summed E-state index contributed by atoms with van der Waals surface area (Å²) in [5, 5.41) is 11.7. The molecule has 0 unspecified atom stereocenters.